The molecule has 0 bridgehead atoms. The van der Waals surface area contributed by atoms with Crippen molar-refractivity contribution >= 4 is 12.0 Å². The van der Waals surface area contributed by atoms with Crippen molar-refractivity contribution in [3.05, 3.63) is 12.2 Å². The number of aliphatic carboxylic acids is 1. The van der Waals surface area contributed by atoms with Gasteiger partial charge < -0.3 is 14.9 Å². The number of amides is 2. The summed E-state index contributed by atoms with van der Waals surface area (Å²) in [6, 6.07) is -0.278. The standard InChI is InChI=1S/C13H21N5O3/c1-3-5-13(11(19)20)6-4-7-18(13)12(21)17(2)8-10-14-9-15-16-10/h9H,3-8H2,1-2H3,(H,19,20)(H,14,15,16). The number of carbonyl (C=O) groups is 2. The van der Waals surface area contributed by atoms with Crippen LogP contribution in [-0.4, -0.2) is 61.2 Å². The molecule has 1 atom stereocenters. The van der Waals surface area contributed by atoms with Crippen molar-refractivity contribution < 1.29 is 14.7 Å². The van der Waals surface area contributed by atoms with E-state index in [0.717, 1.165) is 6.42 Å². The van der Waals surface area contributed by atoms with Gasteiger partial charge in [0.05, 0.1) is 6.54 Å². The summed E-state index contributed by atoms with van der Waals surface area (Å²) in [7, 11) is 1.64. The Labute approximate surface area is 123 Å². The van der Waals surface area contributed by atoms with E-state index in [1.54, 1.807) is 7.05 Å². The Hall–Kier alpha value is -2.12. The molecule has 0 spiro atoms. The molecule has 0 saturated carbocycles. The van der Waals surface area contributed by atoms with E-state index >= 15 is 0 Å². The first-order valence-corrected chi connectivity index (χ1v) is 7.11. The molecule has 116 valence electrons. The fourth-order valence-electron chi connectivity index (χ4n) is 2.97. The number of aromatic nitrogens is 3. The van der Waals surface area contributed by atoms with E-state index in [2.05, 4.69) is 15.2 Å². The molecule has 0 radical (unpaired) electrons. The van der Waals surface area contributed by atoms with E-state index in [4.69, 9.17) is 0 Å². The Balaban J connectivity index is 2.14. The molecule has 0 aliphatic carbocycles. The first kappa shape index (κ1) is 15.3. The van der Waals surface area contributed by atoms with Crippen LogP contribution in [0, 0.1) is 0 Å². The maximum atomic E-state index is 12.6. The summed E-state index contributed by atoms with van der Waals surface area (Å²) in [5.74, 6) is -0.343. The summed E-state index contributed by atoms with van der Waals surface area (Å²) in [6.07, 6.45) is 3.81. The van der Waals surface area contributed by atoms with Crippen LogP contribution in [-0.2, 0) is 11.3 Å². The third-order valence-corrected chi connectivity index (χ3v) is 3.96. The number of rotatable bonds is 5. The quantitative estimate of drug-likeness (QED) is 0.846. The molecule has 2 amide bonds. The molecule has 8 heteroatoms. The van der Waals surface area contributed by atoms with Crippen LogP contribution in [0.1, 0.15) is 38.4 Å². The Kier molecular flexibility index (Phi) is 4.44. The van der Waals surface area contributed by atoms with Crippen molar-refractivity contribution in [1.82, 2.24) is 25.0 Å². The summed E-state index contributed by atoms with van der Waals surface area (Å²) in [4.78, 5) is 31.3. The summed E-state index contributed by atoms with van der Waals surface area (Å²) >= 11 is 0. The van der Waals surface area contributed by atoms with Crippen LogP contribution >= 0.6 is 0 Å². The Morgan fingerprint density at radius 3 is 2.90 bits per heavy atom. The second kappa shape index (κ2) is 6.11. The van der Waals surface area contributed by atoms with Gasteiger partial charge in [0.25, 0.3) is 0 Å². The maximum absolute atomic E-state index is 12.6. The zero-order valence-electron chi connectivity index (χ0n) is 12.4. The van der Waals surface area contributed by atoms with Crippen LogP contribution in [0.4, 0.5) is 4.79 Å². The lowest BCUT2D eigenvalue weighted by atomic mass is 9.91. The molecule has 2 heterocycles. The predicted octanol–water partition coefficient (Wildman–Crippen LogP) is 1.08. The van der Waals surface area contributed by atoms with Crippen LogP contribution in [0.5, 0.6) is 0 Å². The van der Waals surface area contributed by atoms with Gasteiger partial charge in [-0.25, -0.2) is 14.6 Å². The van der Waals surface area contributed by atoms with Crippen LogP contribution in [0.25, 0.3) is 0 Å². The van der Waals surface area contributed by atoms with Crippen molar-refractivity contribution in [2.45, 2.75) is 44.7 Å². The van der Waals surface area contributed by atoms with E-state index in [1.807, 2.05) is 6.92 Å². The van der Waals surface area contributed by atoms with Gasteiger partial charge in [-0.2, -0.15) is 5.10 Å². The van der Waals surface area contributed by atoms with Gasteiger partial charge in [-0.1, -0.05) is 13.3 Å². The van der Waals surface area contributed by atoms with Gasteiger partial charge in [0.15, 0.2) is 0 Å². The Morgan fingerprint density at radius 1 is 1.57 bits per heavy atom. The van der Waals surface area contributed by atoms with Crippen LogP contribution in [0.2, 0.25) is 0 Å². The fraction of sp³-hybridized carbons (Fsp3) is 0.692. The monoisotopic (exact) mass is 295 g/mol. The fourth-order valence-corrected chi connectivity index (χ4v) is 2.97. The van der Waals surface area contributed by atoms with Crippen LogP contribution in [0.15, 0.2) is 6.33 Å². The predicted molar refractivity (Wildman–Crippen MR) is 74.5 cm³/mol. The maximum Gasteiger partial charge on any atom is 0.329 e. The summed E-state index contributed by atoms with van der Waals surface area (Å²) < 4.78 is 0. The third-order valence-electron chi connectivity index (χ3n) is 3.96. The van der Waals surface area contributed by atoms with Gasteiger partial charge in [0.1, 0.15) is 17.7 Å². The van der Waals surface area contributed by atoms with E-state index in [1.165, 1.54) is 16.1 Å². The van der Waals surface area contributed by atoms with Crippen molar-refractivity contribution in [3.63, 3.8) is 0 Å². The molecule has 1 unspecified atom stereocenters. The molecular weight excluding hydrogens is 274 g/mol. The molecule has 1 aliphatic heterocycles. The number of carbonyl (C=O) groups excluding carboxylic acids is 1. The number of carboxylic acids is 1. The number of nitrogens with one attached hydrogen (secondary N) is 1. The van der Waals surface area contributed by atoms with Gasteiger partial charge in [-0.15, -0.1) is 0 Å². The van der Waals surface area contributed by atoms with E-state index < -0.39 is 11.5 Å². The molecule has 1 saturated heterocycles. The zero-order chi connectivity index (χ0) is 15.5. The lowest BCUT2D eigenvalue weighted by Gasteiger charge is -2.36. The molecule has 2 rings (SSSR count). The normalized spacial score (nSPS) is 21.5. The van der Waals surface area contributed by atoms with Gasteiger partial charge in [0.2, 0.25) is 0 Å². The highest BCUT2D eigenvalue weighted by atomic mass is 16.4. The summed E-state index contributed by atoms with van der Waals surface area (Å²) in [5.41, 5.74) is -1.07. The Bertz CT molecular complexity index is 504. The number of likely N-dealkylation sites (tertiary alicyclic amines) is 1. The van der Waals surface area contributed by atoms with Gasteiger partial charge in [-0.05, 0) is 19.3 Å². The van der Waals surface area contributed by atoms with Crippen molar-refractivity contribution in [1.29, 1.82) is 0 Å². The molecular formula is C13H21N5O3. The van der Waals surface area contributed by atoms with E-state index in [-0.39, 0.29) is 12.6 Å². The third kappa shape index (κ3) is 2.84. The molecule has 2 N–H and O–H groups in total. The highest BCUT2D eigenvalue weighted by molar-refractivity contribution is 5.87. The molecule has 1 aliphatic rings. The molecule has 0 aromatic carbocycles. The molecule has 1 fully saturated rings. The van der Waals surface area contributed by atoms with Gasteiger partial charge >= 0.3 is 12.0 Å². The van der Waals surface area contributed by atoms with Crippen LogP contribution in [0.3, 0.4) is 0 Å². The first-order valence-electron chi connectivity index (χ1n) is 7.11. The van der Waals surface area contributed by atoms with Gasteiger partial charge in [-0.3, -0.25) is 5.10 Å². The first-order chi connectivity index (χ1) is 10.0. The largest absolute Gasteiger partial charge is 0.479 e. The minimum absolute atomic E-state index is 0.275. The topological polar surface area (TPSA) is 102 Å². The van der Waals surface area contributed by atoms with Crippen LogP contribution < -0.4 is 0 Å². The average molecular weight is 295 g/mol. The lowest BCUT2D eigenvalue weighted by molar-refractivity contribution is -0.148. The second-order valence-electron chi connectivity index (χ2n) is 5.41. The minimum Gasteiger partial charge on any atom is -0.479 e. The molecule has 1 aromatic heterocycles. The number of aromatic amines is 1. The summed E-state index contributed by atoms with van der Waals surface area (Å²) in [6.45, 7) is 2.69. The summed E-state index contributed by atoms with van der Waals surface area (Å²) in [5, 5.41) is 16.0. The highest BCUT2D eigenvalue weighted by Gasteiger charge is 2.49. The highest BCUT2D eigenvalue weighted by Crippen LogP contribution is 2.34. The van der Waals surface area contributed by atoms with E-state index in [9.17, 15) is 14.7 Å². The Morgan fingerprint density at radius 2 is 2.33 bits per heavy atom. The number of nitrogens with zero attached hydrogens (tertiary/aromatic N) is 4. The molecule has 8 nitrogen and oxygen atoms in total. The number of hydrogen-bond acceptors (Lipinski definition) is 4. The molecule has 1 aromatic rings. The van der Waals surface area contributed by atoms with E-state index in [0.29, 0.717) is 31.6 Å². The van der Waals surface area contributed by atoms with Crippen molar-refractivity contribution in [3.8, 4) is 0 Å². The number of carboxylic acid groups (broad SMARTS) is 1. The number of urea groups is 1. The van der Waals surface area contributed by atoms with Crippen molar-refractivity contribution in [2.75, 3.05) is 13.6 Å². The SMILES string of the molecule is CCCC1(C(=O)O)CCCN1C(=O)N(C)Cc1ncn[nH]1. The smallest absolute Gasteiger partial charge is 0.329 e. The second-order valence-corrected chi connectivity index (χ2v) is 5.41. The lowest BCUT2D eigenvalue weighted by Crippen LogP contribution is -2.56. The number of hydrogen-bond donors (Lipinski definition) is 2. The van der Waals surface area contributed by atoms with Gasteiger partial charge in [0, 0.05) is 13.6 Å². The zero-order valence-corrected chi connectivity index (χ0v) is 12.4. The molecule has 21 heavy (non-hydrogen) atoms. The van der Waals surface area contributed by atoms with Crippen molar-refractivity contribution in [2.24, 2.45) is 0 Å². The minimum atomic E-state index is -1.07. The number of H-pyrrole nitrogens is 1. The average Bonchev–Trinajstić information content (AvgIpc) is 3.08.